The van der Waals surface area contributed by atoms with Crippen molar-refractivity contribution in [2.45, 2.75) is 32.9 Å². The topological polar surface area (TPSA) is 99.3 Å². The first-order valence-electron chi connectivity index (χ1n) is 9.21. The third kappa shape index (κ3) is 4.98. The van der Waals surface area contributed by atoms with E-state index in [1.807, 2.05) is 45.0 Å². The molecule has 0 fully saturated rings. The lowest BCUT2D eigenvalue weighted by molar-refractivity contribution is -0.384. The van der Waals surface area contributed by atoms with Crippen molar-refractivity contribution < 1.29 is 14.5 Å². The maximum Gasteiger partial charge on any atom is 0.272 e. The van der Waals surface area contributed by atoms with Crippen LogP contribution in [0.15, 0.2) is 60.8 Å². The van der Waals surface area contributed by atoms with Gasteiger partial charge in [-0.05, 0) is 50.6 Å². The smallest absolute Gasteiger partial charge is 0.272 e. The van der Waals surface area contributed by atoms with E-state index in [1.165, 1.54) is 16.8 Å². The van der Waals surface area contributed by atoms with Gasteiger partial charge in [-0.1, -0.05) is 18.2 Å². The van der Waals surface area contributed by atoms with Crippen LogP contribution in [0, 0.1) is 10.1 Å². The second kappa shape index (κ2) is 8.55. The summed E-state index contributed by atoms with van der Waals surface area (Å²) in [7, 11) is 0. The summed E-state index contributed by atoms with van der Waals surface area (Å²) < 4.78 is 7.13. The Labute approximate surface area is 168 Å². The average Bonchev–Trinajstić information content (AvgIpc) is 3.18. The molecule has 0 saturated carbocycles. The zero-order valence-corrected chi connectivity index (χ0v) is 16.4. The van der Waals surface area contributed by atoms with Crippen molar-refractivity contribution in [2.75, 3.05) is 0 Å². The molecule has 8 nitrogen and oxygen atoms in total. The van der Waals surface area contributed by atoms with Gasteiger partial charge in [-0.15, -0.1) is 0 Å². The van der Waals surface area contributed by atoms with Crippen molar-refractivity contribution in [1.82, 2.24) is 15.1 Å². The number of nitro groups is 1. The third-order valence-electron chi connectivity index (χ3n) is 4.20. The molecule has 1 amide bonds. The monoisotopic (exact) mass is 394 g/mol. The number of carbonyl (C=O) groups is 1. The van der Waals surface area contributed by atoms with Crippen LogP contribution in [0.25, 0.3) is 5.69 Å². The Balaban J connectivity index is 1.72. The largest absolute Gasteiger partial charge is 0.491 e. The molecule has 1 N–H and O–H groups in total. The summed E-state index contributed by atoms with van der Waals surface area (Å²) in [5, 5.41) is 18.1. The van der Waals surface area contributed by atoms with Gasteiger partial charge in [-0.2, -0.15) is 5.10 Å². The maximum absolute atomic E-state index is 12.6. The SMILES string of the molecule is CC(C)Oc1cccc(C(C)NC(=O)c2ccn(-c3cccc([N+](=O)[O-])c3)n2)c1. The minimum absolute atomic E-state index is 0.0406. The molecule has 0 bridgehead atoms. The van der Waals surface area contributed by atoms with Gasteiger partial charge in [0.15, 0.2) is 5.69 Å². The molecule has 1 unspecified atom stereocenters. The van der Waals surface area contributed by atoms with E-state index < -0.39 is 4.92 Å². The number of carbonyl (C=O) groups excluding carboxylic acids is 1. The number of aromatic nitrogens is 2. The Morgan fingerprint density at radius 1 is 1.14 bits per heavy atom. The number of amides is 1. The van der Waals surface area contributed by atoms with Crippen molar-refractivity contribution in [3.63, 3.8) is 0 Å². The molecule has 0 radical (unpaired) electrons. The van der Waals surface area contributed by atoms with Crippen LogP contribution < -0.4 is 10.1 Å². The Morgan fingerprint density at radius 3 is 2.62 bits per heavy atom. The van der Waals surface area contributed by atoms with Crippen LogP contribution in [0.3, 0.4) is 0 Å². The Bertz CT molecular complexity index is 1030. The van der Waals surface area contributed by atoms with Crippen molar-refractivity contribution in [3.8, 4) is 11.4 Å². The highest BCUT2D eigenvalue weighted by atomic mass is 16.6. The molecule has 0 aliphatic carbocycles. The van der Waals surface area contributed by atoms with Gasteiger partial charge in [0.2, 0.25) is 0 Å². The number of rotatable bonds is 7. The highest BCUT2D eigenvalue weighted by Crippen LogP contribution is 2.21. The van der Waals surface area contributed by atoms with Crippen molar-refractivity contribution in [1.29, 1.82) is 0 Å². The summed E-state index contributed by atoms with van der Waals surface area (Å²) in [6, 6.07) is 14.9. The second-order valence-electron chi connectivity index (χ2n) is 6.86. The molecular formula is C21H22N4O4. The van der Waals surface area contributed by atoms with Crippen LogP contribution in [-0.2, 0) is 0 Å². The molecule has 8 heteroatoms. The van der Waals surface area contributed by atoms with Crippen molar-refractivity contribution in [2.24, 2.45) is 0 Å². The molecule has 1 atom stereocenters. The summed E-state index contributed by atoms with van der Waals surface area (Å²) in [6.45, 7) is 5.79. The van der Waals surface area contributed by atoms with Crippen LogP contribution >= 0.6 is 0 Å². The third-order valence-corrected chi connectivity index (χ3v) is 4.20. The van der Waals surface area contributed by atoms with Crippen LogP contribution in [0.2, 0.25) is 0 Å². The van der Waals surface area contributed by atoms with Gasteiger partial charge in [0.25, 0.3) is 11.6 Å². The zero-order chi connectivity index (χ0) is 21.0. The summed E-state index contributed by atoms with van der Waals surface area (Å²) in [4.78, 5) is 23.1. The van der Waals surface area contributed by atoms with E-state index >= 15 is 0 Å². The van der Waals surface area contributed by atoms with Crippen molar-refractivity contribution >= 4 is 11.6 Å². The fourth-order valence-corrected chi connectivity index (χ4v) is 2.82. The van der Waals surface area contributed by atoms with E-state index in [2.05, 4.69) is 10.4 Å². The highest BCUT2D eigenvalue weighted by molar-refractivity contribution is 5.92. The average molecular weight is 394 g/mol. The van der Waals surface area contributed by atoms with Gasteiger partial charge in [0, 0.05) is 18.3 Å². The first-order valence-corrected chi connectivity index (χ1v) is 9.21. The summed E-state index contributed by atoms with van der Waals surface area (Å²) in [6.07, 6.45) is 1.66. The van der Waals surface area contributed by atoms with Gasteiger partial charge in [-0.25, -0.2) is 4.68 Å². The number of nitrogens with zero attached hydrogens (tertiary/aromatic N) is 3. The van der Waals surface area contributed by atoms with Crippen LogP contribution in [-0.4, -0.2) is 26.7 Å². The van der Waals surface area contributed by atoms with Gasteiger partial charge >= 0.3 is 0 Å². The van der Waals surface area contributed by atoms with Gasteiger partial charge in [-0.3, -0.25) is 14.9 Å². The summed E-state index contributed by atoms with van der Waals surface area (Å²) in [5.41, 5.74) is 1.60. The number of nitrogens with one attached hydrogen (secondary N) is 1. The van der Waals surface area contributed by atoms with Crippen LogP contribution in [0.5, 0.6) is 5.75 Å². The Kier molecular flexibility index (Phi) is 5.92. The molecule has 3 aromatic rings. The lowest BCUT2D eigenvalue weighted by Crippen LogP contribution is -2.27. The molecule has 1 aromatic heterocycles. The fourth-order valence-electron chi connectivity index (χ4n) is 2.82. The summed E-state index contributed by atoms with van der Waals surface area (Å²) >= 11 is 0. The first kappa shape index (κ1) is 20.1. The number of benzene rings is 2. The maximum atomic E-state index is 12.6. The quantitative estimate of drug-likeness (QED) is 0.481. The van der Waals surface area contributed by atoms with Gasteiger partial charge in [0.1, 0.15) is 5.75 Å². The Hall–Kier alpha value is -3.68. The van der Waals surface area contributed by atoms with E-state index in [4.69, 9.17) is 4.74 Å². The summed E-state index contributed by atoms with van der Waals surface area (Å²) in [5.74, 6) is 0.408. The molecule has 0 spiro atoms. The highest BCUT2D eigenvalue weighted by Gasteiger charge is 2.16. The number of nitro benzene ring substituents is 1. The second-order valence-corrected chi connectivity index (χ2v) is 6.86. The van der Waals surface area contributed by atoms with E-state index in [-0.39, 0.29) is 29.4 Å². The first-order chi connectivity index (χ1) is 13.8. The van der Waals surface area contributed by atoms with E-state index in [1.54, 1.807) is 24.4 Å². The zero-order valence-electron chi connectivity index (χ0n) is 16.4. The van der Waals surface area contributed by atoms with Gasteiger partial charge < -0.3 is 10.1 Å². The Morgan fingerprint density at radius 2 is 1.90 bits per heavy atom. The number of hydrogen-bond acceptors (Lipinski definition) is 5. The molecule has 0 aliphatic rings. The molecule has 29 heavy (non-hydrogen) atoms. The molecule has 3 rings (SSSR count). The predicted octanol–water partition coefficient (Wildman–Crippen LogP) is 4.06. The number of hydrogen-bond donors (Lipinski definition) is 1. The standard InChI is InChI=1S/C21H22N4O4/c1-14(2)29-19-9-4-6-16(12-19)15(3)22-21(26)20-10-11-24(23-20)17-7-5-8-18(13-17)25(27)28/h4-15H,1-3H3,(H,22,26). The lowest BCUT2D eigenvalue weighted by atomic mass is 10.1. The molecule has 0 aliphatic heterocycles. The molecule has 150 valence electrons. The minimum atomic E-state index is -0.473. The van der Waals surface area contributed by atoms with Crippen LogP contribution in [0.1, 0.15) is 42.9 Å². The molecule has 0 saturated heterocycles. The number of ether oxygens (including phenoxy) is 1. The predicted molar refractivity (Wildman–Crippen MR) is 108 cm³/mol. The fraction of sp³-hybridized carbons (Fsp3) is 0.238. The number of non-ortho nitro benzene ring substituents is 1. The minimum Gasteiger partial charge on any atom is -0.491 e. The van der Waals surface area contributed by atoms with Gasteiger partial charge in [0.05, 0.1) is 22.8 Å². The van der Waals surface area contributed by atoms with E-state index in [0.717, 1.165) is 11.3 Å². The van der Waals surface area contributed by atoms with E-state index in [9.17, 15) is 14.9 Å². The normalized spacial score (nSPS) is 11.9. The van der Waals surface area contributed by atoms with Crippen LogP contribution in [0.4, 0.5) is 5.69 Å². The molecule has 1 heterocycles. The van der Waals surface area contributed by atoms with Crippen molar-refractivity contribution in [3.05, 3.63) is 82.2 Å². The van der Waals surface area contributed by atoms with E-state index in [0.29, 0.717) is 5.69 Å². The lowest BCUT2D eigenvalue weighted by Gasteiger charge is -2.16. The molecular weight excluding hydrogens is 372 g/mol. The molecule has 2 aromatic carbocycles.